The molecule has 1 atom stereocenters. The van der Waals surface area contributed by atoms with Gasteiger partial charge in [0, 0.05) is 12.6 Å². The van der Waals surface area contributed by atoms with Crippen LogP contribution in [0.2, 0.25) is 0 Å². The Kier molecular flexibility index (Phi) is 3.31. The summed E-state index contributed by atoms with van der Waals surface area (Å²) in [5, 5.41) is 10.8. The number of aromatic nitrogens is 1. The number of hydrogen-bond donors (Lipinski definition) is 1. The van der Waals surface area contributed by atoms with Gasteiger partial charge in [0.05, 0.1) is 28.6 Å². The van der Waals surface area contributed by atoms with Crippen LogP contribution in [0.5, 0.6) is 0 Å². The number of anilines is 2. The van der Waals surface area contributed by atoms with Gasteiger partial charge in [-0.15, -0.1) is 0 Å². The van der Waals surface area contributed by atoms with Crippen molar-refractivity contribution in [3.05, 3.63) is 22.2 Å². The van der Waals surface area contributed by atoms with Crippen LogP contribution in [0.4, 0.5) is 17.3 Å². The normalized spacial score (nSPS) is 22.2. The molecule has 2 N–H and O–H groups in total. The zero-order valence-electron chi connectivity index (χ0n) is 10.3. The van der Waals surface area contributed by atoms with Crippen LogP contribution in [0.3, 0.4) is 0 Å². The smallest absolute Gasteiger partial charge is 0.276 e. The quantitative estimate of drug-likeness (QED) is 0.609. The van der Waals surface area contributed by atoms with Crippen LogP contribution in [-0.2, 0) is 9.84 Å². The van der Waals surface area contributed by atoms with Crippen LogP contribution in [0.15, 0.2) is 12.1 Å². The summed E-state index contributed by atoms with van der Waals surface area (Å²) in [6, 6.07) is 2.20. The standard InChI is InChI=1S/C10H14N4O4S/c1-7-6-19(17,18)3-2-13(7)10-5-8(14(15)16)4-9(11)12-10/h4-5,7H,2-3,6H2,1H3,(H2,11,12). The van der Waals surface area contributed by atoms with Gasteiger partial charge in [-0.1, -0.05) is 0 Å². The van der Waals surface area contributed by atoms with Crippen molar-refractivity contribution in [3.8, 4) is 0 Å². The van der Waals surface area contributed by atoms with Crippen LogP contribution < -0.4 is 10.6 Å². The topological polar surface area (TPSA) is 119 Å². The molecule has 8 nitrogen and oxygen atoms in total. The van der Waals surface area contributed by atoms with Gasteiger partial charge < -0.3 is 10.6 Å². The van der Waals surface area contributed by atoms with Crippen molar-refractivity contribution in [3.63, 3.8) is 0 Å². The minimum absolute atomic E-state index is 0.0112. The molecule has 0 aromatic carbocycles. The van der Waals surface area contributed by atoms with E-state index in [1.54, 1.807) is 11.8 Å². The molecule has 0 spiro atoms. The van der Waals surface area contributed by atoms with E-state index in [2.05, 4.69) is 4.98 Å². The Labute approximate surface area is 110 Å². The Morgan fingerprint density at radius 2 is 2.21 bits per heavy atom. The first-order valence-corrected chi connectivity index (χ1v) is 7.50. The molecule has 1 fully saturated rings. The zero-order chi connectivity index (χ0) is 14.2. The highest BCUT2D eigenvalue weighted by molar-refractivity contribution is 7.91. The lowest BCUT2D eigenvalue weighted by Gasteiger charge is -2.34. The molecule has 0 amide bonds. The molecular formula is C10H14N4O4S. The van der Waals surface area contributed by atoms with E-state index in [1.165, 1.54) is 12.1 Å². The highest BCUT2D eigenvalue weighted by Crippen LogP contribution is 2.25. The molecule has 0 bridgehead atoms. The average Bonchev–Trinajstić information content (AvgIpc) is 2.26. The minimum atomic E-state index is -3.04. The maximum absolute atomic E-state index is 11.5. The number of nitro groups is 1. The monoisotopic (exact) mass is 286 g/mol. The third-order valence-electron chi connectivity index (χ3n) is 2.99. The predicted molar refractivity (Wildman–Crippen MR) is 70.8 cm³/mol. The highest BCUT2D eigenvalue weighted by atomic mass is 32.2. The Morgan fingerprint density at radius 3 is 2.79 bits per heavy atom. The van der Waals surface area contributed by atoms with Gasteiger partial charge in [-0.25, -0.2) is 13.4 Å². The molecule has 1 unspecified atom stereocenters. The Morgan fingerprint density at radius 1 is 1.53 bits per heavy atom. The molecule has 1 aliphatic rings. The van der Waals surface area contributed by atoms with Crippen molar-refractivity contribution in [2.75, 3.05) is 28.7 Å². The fourth-order valence-electron chi connectivity index (χ4n) is 2.11. The molecule has 104 valence electrons. The van der Waals surface area contributed by atoms with Crippen LogP contribution >= 0.6 is 0 Å². The lowest BCUT2D eigenvalue weighted by atomic mass is 10.3. The summed E-state index contributed by atoms with van der Waals surface area (Å²) in [6.07, 6.45) is 0. The van der Waals surface area contributed by atoms with E-state index in [9.17, 15) is 18.5 Å². The molecule has 1 saturated heterocycles. The fourth-order valence-corrected chi connectivity index (χ4v) is 3.67. The summed E-state index contributed by atoms with van der Waals surface area (Å²) >= 11 is 0. The molecule has 0 aliphatic carbocycles. The number of hydrogen-bond acceptors (Lipinski definition) is 7. The zero-order valence-corrected chi connectivity index (χ0v) is 11.1. The van der Waals surface area contributed by atoms with Crippen LogP contribution in [-0.4, -0.2) is 42.4 Å². The Balaban J connectivity index is 2.34. The van der Waals surface area contributed by atoms with Crippen molar-refractivity contribution < 1.29 is 13.3 Å². The van der Waals surface area contributed by atoms with Crippen LogP contribution in [0.25, 0.3) is 0 Å². The van der Waals surface area contributed by atoms with Gasteiger partial charge in [0.25, 0.3) is 5.69 Å². The van der Waals surface area contributed by atoms with Gasteiger partial charge in [-0.3, -0.25) is 10.1 Å². The number of sulfone groups is 1. The first kappa shape index (κ1) is 13.5. The second kappa shape index (κ2) is 4.65. The number of rotatable bonds is 2. The molecular weight excluding hydrogens is 272 g/mol. The first-order valence-electron chi connectivity index (χ1n) is 5.67. The average molecular weight is 286 g/mol. The summed E-state index contributed by atoms with van der Waals surface area (Å²) in [5.41, 5.74) is 5.39. The summed E-state index contributed by atoms with van der Waals surface area (Å²) in [5.74, 6) is 0.415. The van der Waals surface area contributed by atoms with E-state index in [4.69, 9.17) is 5.73 Å². The molecule has 1 aromatic heterocycles. The maximum Gasteiger partial charge on any atom is 0.276 e. The van der Waals surface area contributed by atoms with Gasteiger partial charge in [-0.05, 0) is 6.92 Å². The van der Waals surface area contributed by atoms with Gasteiger partial charge >= 0.3 is 0 Å². The molecule has 2 heterocycles. The number of nitrogens with zero attached hydrogens (tertiary/aromatic N) is 3. The molecule has 0 saturated carbocycles. The molecule has 19 heavy (non-hydrogen) atoms. The van der Waals surface area contributed by atoms with Crippen LogP contribution in [0, 0.1) is 10.1 Å². The lowest BCUT2D eigenvalue weighted by molar-refractivity contribution is -0.384. The molecule has 1 aliphatic heterocycles. The highest BCUT2D eigenvalue weighted by Gasteiger charge is 2.29. The summed E-state index contributed by atoms with van der Waals surface area (Å²) in [7, 11) is -3.04. The largest absolute Gasteiger partial charge is 0.383 e. The van der Waals surface area contributed by atoms with E-state index >= 15 is 0 Å². The second-order valence-corrected chi connectivity index (χ2v) is 6.75. The molecule has 1 aromatic rings. The van der Waals surface area contributed by atoms with Crippen molar-refractivity contribution in [2.45, 2.75) is 13.0 Å². The lowest BCUT2D eigenvalue weighted by Crippen LogP contribution is -2.47. The molecule has 0 radical (unpaired) electrons. The minimum Gasteiger partial charge on any atom is -0.383 e. The Bertz CT molecular complexity index is 616. The van der Waals surface area contributed by atoms with Crippen molar-refractivity contribution in [1.29, 1.82) is 0 Å². The van der Waals surface area contributed by atoms with E-state index < -0.39 is 14.8 Å². The van der Waals surface area contributed by atoms with E-state index in [1.807, 2.05) is 0 Å². The van der Waals surface area contributed by atoms with E-state index in [0.29, 0.717) is 5.82 Å². The SMILES string of the molecule is CC1CS(=O)(=O)CCN1c1cc([N+](=O)[O-])cc(N)n1. The number of nitrogens with two attached hydrogens (primary N) is 1. The van der Waals surface area contributed by atoms with E-state index in [-0.39, 0.29) is 35.6 Å². The Hall–Kier alpha value is -1.90. The second-order valence-electron chi connectivity index (χ2n) is 4.52. The molecule has 2 rings (SSSR count). The van der Waals surface area contributed by atoms with E-state index in [0.717, 1.165) is 0 Å². The van der Waals surface area contributed by atoms with Gasteiger partial charge in [0.1, 0.15) is 11.6 Å². The van der Waals surface area contributed by atoms with Crippen molar-refractivity contribution >= 4 is 27.2 Å². The van der Waals surface area contributed by atoms with Crippen molar-refractivity contribution in [2.24, 2.45) is 0 Å². The van der Waals surface area contributed by atoms with Crippen molar-refractivity contribution in [1.82, 2.24) is 4.98 Å². The summed E-state index contributed by atoms with van der Waals surface area (Å²) < 4.78 is 23.0. The number of pyridine rings is 1. The van der Waals surface area contributed by atoms with Gasteiger partial charge in [0.2, 0.25) is 0 Å². The first-order chi connectivity index (χ1) is 8.78. The fraction of sp³-hybridized carbons (Fsp3) is 0.500. The number of nitrogen functional groups attached to an aromatic ring is 1. The van der Waals surface area contributed by atoms with Crippen LogP contribution in [0.1, 0.15) is 6.92 Å². The van der Waals surface area contributed by atoms with Gasteiger partial charge in [0.15, 0.2) is 9.84 Å². The maximum atomic E-state index is 11.5. The predicted octanol–water partition coefficient (Wildman–Crippen LogP) is 0.195. The van der Waals surface area contributed by atoms with Gasteiger partial charge in [-0.2, -0.15) is 0 Å². The third-order valence-corrected chi connectivity index (χ3v) is 4.79. The molecule has 9 heteroatoms. The third kappa shape index (κ3) is 2.92. The summed E-state index contributed by atoms with van der Waals surface area (Å²) in [4.78, 5) is 16.0. The summed E-state index contributed by atoms with van der Waals surface area (Å²) in [6.45, 7) is 2.00.